The minimum atomic E-state index is -0.670. The smallest absolute Gasteiger partial charge is 0.0852 e. The molecule has 0 unspecified atom stereocenters. The van der Waals surface area contributed by atoms with Gasteiger partial charge in [-0.25, -0.2) is 0 Å². The fraction of sp³-hybridized carbons (Fsp3) is 0.400. The molecule has 0 aliphatic carbocycles. The zero-order valence-corrected chi connectivity index (χ0v) is 7.43. The van der Waals surface area contributed by atoms with Gasteiger partial charge in [-0.1, -0.05) is 30.3 Å². The molecule has 1 rings (SSSR count). The van der Waals surface area contributed by atoms with Gasteiger partial charge in [-0.3, -0.25) is 0 Å². The maximum Gasteiger partial charge on any atom is 0.0852 e. The second-order valence-electron chi connectivity index (χ2n) is 3.03. The van der Waals surface area contributed by atoms with Crippen molar-refractivity contribution in [3.05, 3.63) is 35.9 Å². The van der Waals surface area contributed by atoms with Crippen molar-refractivity contribution in [2.24, 2.45) is 11.7 Å². The normalized spacial score (nSPS) is 15.3. The maximum atomic E-state index is 9.74. The molecule has 0 aliphatic rings. The zero-order valence-electron chi connectivity index (χ0n) is 7.43. The van der Waals surface area contributed by atoms with E-state index in [0.29, 0.717) is 0 Å². The highest BCUT2D eigenvalue weighted by atomic mass is 16.3. The van der Waals surface area contributed by atoms with Crippen LogP contribution in [0.15, 0.2) is 30.3 Å². The van der Waals surface area contributed by atoms with Crippen LogP contribution in [-0.2, 0) is 0 Å². The Kier molecular flexibility index (Phi) is 3.89. The Hall–Kier alpha value is -0.900. The Bertz CT molecular complexity index is 234. The lowest BCUT2D eigenvalue weighted by Crippen LogP contribution is -2.25. The molecule has 1 aromatic carbocycles. The number of benzene rings is 1. The fourth-order valence-electron chi connectivity index (χ4n) is 1.23. The topological polar surface area (TPSA) is 66.5 Å². The van der Waals surface area contributed by atoms with Gasteiger partial charge < -0.3 is 15.9 Å². The molecule has 72 valence electrons. The minimum absolute atomic E-state index is 0.0907. The zero-order chi connectivity index (χ0) is 9.68. The van der Waals surface area contributed by atoms with E-state index >= 15 is 0 Å². The highest BCUT2D eigenvalue weighted by Gasteiger charge is 2.17. The van der Waals surface area contributed by atoms with Crippen molar-refractivity contribution >= 4 is 0 Å². The summed E-state index contributed by atoms with van der Waals surface area (Å²) in [6, 6.07) is 9.23. The van der Waals surface area contributed by atoms with Gasteiger partial charge in [-0.2, -0.15) is 0 Å². The van der Waals surface area contributed by atoms with Gasteiger partial charge in [0.2, 0.25) is 0 Å². The molecule has 3 nitrogen and oxygen atoms in total. The van der Waals surface area contributed by atoms with E-state index in [1.54, 1.807) is 0 Å². The molecule has 0 radical (unpaired) electrons. The predicted molar refractivity (Wildman–Crippen MR) is 51.0 cm³/mol. The average molecular weight is 181 g/mol. The molecule has 0 saturated carbocycles. The highest BCUT2D eigenvalue weighted by molar-refractivity contribution is 5.18. The van der Waals surface area contributed by atoms with Crippen LogP contribution in [0.3, 0.4) is 0 Å². The molecule has 0 heterocycles. The first-order valence-corrected chi connectivity index (χ1v) is 4.33. The van der Waals surface area contributed by atoms with Gasteiger partial charge in [-0.15, -0.1) is 0 Å². The van der Waals surface area contributed by atoms with Crippen molar-refractivity contribution in [1.29, 1.82) is 0 Å². The van der Waals surface area contributed by atoms with E-state index in [-0.39, 0.29) is 19.1 Å². The molecular weight excluding hydrogens is 166 g/mol. The third-order valence-corrected chi connectivity index (χ3v) is 2.12. The van der Waals surface area contributed by atoms with Gasteiger partial charge in [0.1, 0.15) is 0 Å². The minimum Gasteiger partial charge on any atom is -0.396 e. The molecule has 2 atom stereocenters. The predicted octanol–water partition coefficient (Wildman–Crippen LogP) is 0.287. The first kappa shape index (κ1) is 10.2. The van der Waals surface area contributed by atoms with Crippen LogP contribution in [0.4, 0.5) is 0 Å². The molecular formula is C10H15NO2. The summed E-state index contributed by atoms with van der Waals surface area (Å²) < 4.78 is 0. The molecule has 0 aromatic heterocycles. The number of hydrogen-bond acceptors (Lipinski definition) is 3. The number of aliphatic hydroxyl groups excluding tert-OH is 2. The quantitative estimate of drug-likeness (QED) is 0.625. The molecule has 4 N–H and O–H groups in total. The molecule has 0 spiro atoms. The largest absolute Gasteiger partial charge is 0.396 e. The number of hydrogen-bond donors (Lipinski definition) is 3. The summed E-state index contributed by atoms with van der Waals surface area (Å²) in [6.07, 6.45) is -0.670. The van der Waals surface area contributed by atoms with E-state index in [2.05, 4.69) is 0 Å². The van der Waals surface area contributed by atoms with Gasteiger partial charge in [-0.05, 0) is 5.56 Å². The van der Waals surface area contributed by atoms with Crippen molar-refractivity contribution in [1.82, 2.24) is 0 Å². The Morgan fingerprint density at radius 3 is 2.31 bits per heavy atom. The first-order valence-electron chi connectivity index (χ1n) is 4.33. The van der Waals surface area contributed by atoms with Gasteiger partial charge in [0.25, 0.3) is 0 Å². The Morgan fingerprint density at radius 2 is 1.85 bits per heavy atom. The number of rotatable bonds is 4. The lowest BCUT2D eigenvalue weighted by Gasteiger charge is -2.19. The van der Waals surface area contributed by atoms with Crippen molar-refractivity contribution in [3.8, 4) is 0 Å². The second kappa shape index (κ2) is 4.97. The number of nitrogens with two attached hydrogens (primary N) is 1. The second-order valence-corrected chi connectivity index (χ2v) is 3.03. The summed E-state index contributed by atoms with van der Waals surface area (Å²) in [5, 5.41) is 18.7. The van der Waals surface area contributed by atoms with E-state index in [1.807, 2.05) is 30.3 Å². The van der Waals surface area contributed by atoms with Gasteiger partial charge in [0, 0.05) is 19.1 Å². The van der Waals surface area contributed by atoms with Gasteiger partial charge in [0.15, 0.2) is 0 Å². The van der Waals surface area contributed by atoms with E-state index in [9.17, 15) is 5.11 Å². The molecule has 0 saturated heterocycles. The average Bonchev–Trinajstić information content (AvgIpc) is 2.21. The van der Waals surface area contributed by atoms with Crippen LogP contribution in [0.25, 0.3) is 0 Å². The van der Waals surface area contributed by atoms with E-state index in [4.69, 9.17) is 10.8 Å². The molecule has 13 heavy (non-hydrogen) atoms. The summed E-state index contributed by atoms with van der Waals surface area (Å²) in [5.74, 6) is -0.276. The van der Waals surface area contributed by atoms with Gasteiger partial charge in [0.05, 0.1) is 6.10 Å². The summed E-state index contributed by atoms with van der Waals surface area (Å²) >= 11 is 0. The summed E-state index contributed by atoms with van der Waals surface area (Å²) in [6.45, 7) is 0.194. The lowest BCUT2D eigenvalue weighted by molar-refractivity contribution is 0.0715. The molecule has 0 aliphatic heterocycles. The standard InChI is InChI=1S/C10H15NO2/c11-6-9(7-12)10(13)8-4-2-1-3-5-8/h1-5,9-10,12-13H,6-7,11H2/t9-,10-/m1/s1. The van der Waals surface area contributed by atoms with Crippen LogP contribution >= 0.6 is 0 Å². The van der Waals surface area contributed by atoms with Gasteiger partial charge >= 0.3 is 0 Å². The Balaban J connectivity index is 2.72. The monoisotopic (exact) mass is 181 g/mol. The van der Waals surface area contributed by atoms with E-state index < -0.39 is 6.10 Å². The maximum absolute atomic E-state index is 9.74. The van der Waals surface area contributed by atoms with Crippen molar-refractivity contribution in [3.63, 3.8) is 0 Å². The lowest BCUT2D eigenvalue weighted by atomic mass is 9.97. The van der Waals surface area contributed by atoms with Crippen molar-refractivity contribution in [2.45, 2.75) is 6.10 Å². The van der Waals surface area contributed by atoms with Crippen molar-refractivity contribution < 1.29 is 10.2 Å². The molecule has 0 bridgehead atoms. The summed E-state index contributed by atoms with van der Waals surface area (Å²) in [5.41, 5.74) is 6.20. The van der Waals surface area contributed by atoms with Crippen LogP contribution < -0.4 is 5.73 Å². The first-order chi connectivity index (χ1) is 6.29. The van der Waals surface area contributed by atoms with E-state index in [0.717, 1.165) is 5.56 Å². The fourth-order valence-corrected chi connectivity index (χ4v) is 1.23. The van der Waals surface area contributed by atoms with Crippen LogP contribution in [0.2, 0.25) is 0 Å². The Morgan fingerprint density at radius 1 is 1.23 bits per heavy atom. The molecule has 3 heteroatoms. The van der Waals surface area contributed by atoms with Crippen LogP contribution in [0.1, 0.15) is 11.7 Å². The van der Waals surface area contributed by atoms with Crippen LogP contribution in [0.5, 0.6) is 0 Å². The van der Waals surface area contributed by atoms with Crippen molar-refractivity contribution in [2.75, 3.05) is 13.2 Å². The molecule has 1 aromatic rings. The van der Waals surface area contributed by atoms with E-state index in [1.165, 1.54) is 0 Å². The SMILES string of the molecule is NC[C@H](CO)[C@H](O)c1ccccc1. The summed E-state index contributed by atoms with van der Waals surface area (Å²) in [4.78, 5) is 0. The summed E-state index contributed by atoms with van der Waals surface area (Å²) in [7, 11) is 0. The highest BCUT2D eigenvalue weighted by Crippen LogP contribution is 2.20. The molecule has 0 amide bonds. The molecule has 0 fully saturated rings. The third-order valence-electron chi connectivity index (χ3n) is 2.12. The third kappa shape index (κ3) is 2.52. The van der Waals surface area contributed by atoms with Crippen LogP contribution in [-0.4, -0.2) is 23.4 Å². The Labute approximate surface area is 77.8 Å². The number of aliphatic hydroxyl groups is 2. The van der Waals surface area contributed by atoms with Crippen LogP contribution in [0, 0.1) is 5.92 Å².